The molecule has 1 aliphatic rings. The fraction of sp³-hybridized carbons (Fsp3) is 0.450. The maximum Gasteiger partial charge on any atom is 0.253 e. The van der Waals surface area contributed by atoms with Crippen LogP contribution in [0.25, 0.3) is 0 Å². The number of carbonyl (C=O) groups is 1. The van der Waals surface area contributed by atoms with Gasteiger partial charge in [0, 0.05) is 44.5 Å². The van der Waals surface area contributed by atoms with Crippen molar-refractivity contribution in [1.29, 1.82) is 0 Å². The van der Waals surface area contributed by atoms with Crippen molar-refractivity contribution >= 4 is 11.7 Å². The lowest BCUT2D eigenvalue weighted by Gasteiger charge is -2.19. The van der Waals surface area contributed by atoms with E-state index in [1.807, 2.05) is 12.1 Å². The molecule has 1 aliphatic heterocycles. The van der Waals surface area contributed by atoms with Crippen LogP contribution in [0, 0.1) is 0 Å². The standard InChI is InChI=1S/C20H26N4O3/c1-3-24(4-2)18-7-5-15(11-21-18)12-23-20(25)16-6-8-19(22-13-16)27-17-9-10-26-14-17/h5-8,11,13,17H,3-4,9-10,12,14H2,1-2H3,(H,23,25). The number of pyridine rings is 2. The number of carbonyl (C=O) groups excluding carboxylic acids is 1. The van der Waals surface area contributed by atoms with Gasteiger partial charge in [-0.25, -0.2) is 9.97 Å². The quantitative estimate of drug-likeness (QED) is 0.769. The molecule has 0 spiro atoms. The number of rotatable bonds is 8. The van der Waals surface area contributed by atoms with E-state index in [9.17, 15) is 4.79 Å². The molecule has 1 fully saturated rings. The van der Waals surface area contributed by atoms with E-state index in [1.54, 1.807) is 18.3 Å². The molecule has 1 unspecified atom stereocenters. The highest BCUT2D eigenvalue weighted by Crippen LogP contribution is 2.15. The minimum absolute atomic E-state index is 0.0454. The molecule has 3 heterocycles. The van der Waals surface area contributed by atoms with E-state index in [-0.39, 0.29) is 12.0 Å². The Bertz CT molecular complexity index is 724. The number of amides is 1. The van der Waals surface area contributed by atoms with Gasteiger partial charge in [-0.15, -0.1) is 0 Å². The summed E-state index contributed by atoms with van der Waals surface area (Å²) in [5.41, 5.74) is 1.45. The topological polar surface area (TPSA) is 76.6 Å². The number of hydrogen-bond acceptors (Lipinski definition) is 6. The number of aromatic nitrogens is 2. The largest absolute Gasteiger partial charge is 0.472 e. The average Bonchev–Trinajstić information content (AvgIpc) is 3.21. The molecule has 1 N–H and O–H groups in total. The Morgan fingerprint density at radius 1 is 1.22 bits per heavy atom. The third-order valence-electron chi connectivity index (χ3n) is 4.52. The molecule has 1 atom stereocenters. The van der Waals surface area contributed by atoms with E-state index in [0.717, 1.165) is 37.5 Å². The van der Waals surface area contributed by atoms with E-state index >= 15 is 0 Å². The van der Waals surface area contributed by atoms with Crippen molar-refractivity contribution in [3.8, 4) is 5.88 Å². The third-order valence-corrected chi connectivity index (χ3v) is 4.52. The first kappa shape index (κ1) is 19.1. The van der Waals surface area contributed by atoms with Crippen molar-refractivity contribution in [2.45, 2.75) is 32.9 Å². The summed E-state index contributed by atoms with van der Waals surface area (Å²) < 4.78 is 11.0. The SMILES string of the molecule is CCN(CC)c1ccc(CNC(=O)c2ccc(OC3CCOC3)nc2)cn1. The summed E-state index contributed by atoms with van der Waals surface area (Å²) in [5.74, 6) is 1.28. The molecule has 2 aromatic heterocycles. The van der Waals surface area contributed by atoms with Crippen LogP contribution in [-0.4, -0.2) is 48.3 Å². The molecule has 3 rings (SSSR count). The van der Waals surface area contributed by atoms with Crippen LogP contribution in [0.1, 0.15) is 36.2 Å². The first-order chi connectivity index (χ1) is 13.2. The number of nitrogens with zero attached hydrogens (tertiary/aromatic N) is 3. The van der Waals surface area contributed by atoms with E-state index in [2.05, 4.69) is 34.0 Å². The first-order valence-corrected chi connectivity index (χ1v) is 9.38. The third kappa shape index (κ3) is 5.17. The molecule has 0 bridgehead atoms. The first-order valence-electron chi connectivity index (χ1n) is 9.38. The number of ether oxygens (including phenoxy) is 2. The summed E-state index contributed by atoms with van der Waals surface area (Å²) in [6.45, 7) is 7.76. The summed E-state index contributed by atoms with van der Waals surface area (Å²) in [7, 11) is 0. The zero-order valence-electron chi connectivity index (χ0n) is 15.9. The smallest absolute Gasteiger partial charge is 0.253 e. The maximum absolute atomic E-state index is 12.3. The second-order valence-electron chi connectivity index (χ2n) is 6.37. The lowest BCUT2D eigenvalue weighted by molar-refractivity contribution is 0.0950. The molecule has 2 aromatic rings. The van der Waals surface area contributed by atoms with Gasteiger partial charge in [-0.2, -0.15) is 0 Å². The minimum atomic E-state index is -0.175. The molecule has 7 nitrogen and oxygen atoms in total. The highest BCUT2D eigenvalue weighted by Gasteiger charge is 2.17. The van der Waals surface area contributed by atoms with E-state index in [0.29, 0.717) is 24.6 Å². The molecule has 0 radical (unpaired) electrons. The van der Waals surface area contributed by atoms with Crippen molar-refractivity contribution in [2.75, 3.05) is 31.2 Å². The van der Waals surface area contributed by atoms with Crippen LogP contribution in [0.15, 0.2) is 36.7 Å². The highest BCUT2D eigenvalue weighted by molar-refractivity contribution is 5.93. The monoisotopic (exact) mass is 370 g/mol. The van der Waals surface area contributed by atoms with Gasteiger partial charge in [-0.3, -0.25) is 4.79 Å². The fourth-order valence-corrected chi connectivity index (χ4v) is 2.90. The Labute approximate surface area is 159 Å². The minimum Gasteiger partial charge on any atom is -0.472 e. The molecule has 0 aromatic carbocycles. The predicted octanol–water partition coefficient (Wildman–Crippen LogP) is 2.42. The van der Waals surface area contributed by atoms with Crippen LogP contribution >= 0.6 is 0 Å². The number of hydrogen-bond donors (Lipinski definition) is 1. The molecule has 144 valence electrons. The number of nitrogens with one attached hydrogen (secondary N) is 1. The Kier molecular flexibility index (Phi) is 6.59. The zero-order chi connectivity index (χ0) is 19.1. The molecule has 0 aliphatic carbocycles. The summed E-state index contributed by atoms with van der Waals surface area (Å²) in [4.78, 5) is 23.2. The second-order valence-corrected chi connectivity index (χ2v) is 6.37. The summed E-state index contributed by atoms with van der Waals surface area (Å²) in [5, 5.41) is 2.89. The van der Waals surface area contributed by atoms with Crippen LogP contribution < -0.4 is 15.0 Å². The van der Waals surface area contributed by atoms with Gasteiger partial charge in [-0.1, -0.05) is 6.07 Å². The Balaban J connectivity index is 1.51. The lowest BCUT2D eigenvalue weighted by Crippen LogP contribution is -2.24. The molecule has 1 saturated heterocycles. The van der Waals surface area contributed by atoms with Crippen molar-refractivity contribution in [2.24, 2.45) is 0 Å². The van der Waals surface area contributed by atoms with Gasteiger partial charge in [-0.05, 0) is 31.5 Å². The van der Waals surface area contributed by atoms with Crippen LogP contribution in [0.2, 0.25) is 0 Å². The second kappa shape index (κ2) is 9.32. The predicted molar refractivity (Wildman–Crippen MR) is 103 cm³/mol. The van der Waals surface area contributed by atoms with Gasteiger partial charge < -0.3 is 19.7 Å². The van der Waals surface area contributed by atoms with Crippen molar-refractivity contribution < 1.29 is 14.3 Å². The van der Waals surface area contributed by atoms with Crippen LogP contribution in [0.4, 0.5) is 5.82 Å². The van der Waals surface area contributed by atoms with Crippen LogP contribution in [0.3, 0.4) is 0 Å². The Hall–Kier alpha value is -2.67. The summed E-state index contributed by atoms with van der Waals surface area (Å²) in [6, 6.07) is 7.40. The molecular formula is C20H26N4O3. The molecule has 1 amide bonds. The molecule has 0 saturated carbocycles. The Morgan fingerprint density at radius 2 is 2.07 bits per heavy atom. The van der Waals surface area contributed by atoms with E-state index < -0.39 is 0 Å². The van der Waals surface area contributed by atoms with Crippen LogP contribution in [0.5, 0.6) is 5.88 Å². The highest BCUT2D eigenvalue weighted by atomic mass is 16.5. The molecular weight excluding hydrogens is 344 g/mol. The van der Waals surface area contributed by atoms with Gasteiger partial charge in [0.25, 0.3) is 5.91 Å². The van der Waals surface area contributed by atoms with Gasteiger partial charge in [0.1, 0.15) is 11.9 Å². The lowest BCUT2D eigenvalue weighted by atomic mass is 10.2. The van der Waals surface area contributed by atoms with Crippen molar-refractivity contribution in [3.63, 3.8) is 0 Å². The van der Waals surface area contributed by atoms with Crippen LogP contribution in [-0.2, 0) is 11.3 Å². The average molecular weight is 370 g/mol. The normalized spacial score (nSPS) is 16.1. The fourth-order valence-electron chi connectivity index (χ4n) is 2.90. The number of anilines is 1. The Morgan fingerprint density at radius 3 is 2.67 bits per heavy atom. The van der Waals surface area contributed by atoms with Gasteiger partial charge >= 0.3 is 0 Å². The zero-order valence-corrected chi connectivity index (χ0v) is 15.9. The molecule has 27 heavy (non-hydrogen) atoms. The summed E-state index contributed by atoms with van der Waals surface area (Å²) >= 11 is 0. The van der Waals surface area contributed by atoms with Crippen molar-refractivity contribution in [1.82, 2.24) is 15.3 Å². The van der Waals surface area contributed by atoms with Gasteiger partial charge in [0.2, 0.25) is 5.88 Å². The maximum atomic E-state index is 12.3. The van der Waals surface area contributed by atoms with E-state index in [4.69, 9.17) is 9.47 Å². The van der Waals surface area contributed by atoms with E-state index in [1.165, 1.54) is 6.20 Å². The summed E-state index contributed by atoms with van der Waals surface area (Å²) in [6.07, 6.45) is 4.24. The van der Waals surface area contributed by atoms with Crippen molar-refractivity contribution in [3.05, 3.63) is 47.8 Å². The molecule has 7 heteroatoms. The van der Waals surface area contributed by atoms with Gasteiger partial charge in [0.05, 0.1) is 18.8 Å². The van der Waals surface area contributed by atoms with Gasteiger partial charge in [0.15, 0.2) is 0 Å².